The van der Waals surface area contributed by atoms with Crippen LogP contribution in [0.2, 0.25) is 0 Å². The summed E-state index contributed by atoms with van der Waals surface area (Å²) in [5.74, 6) is -0.106. The number of hydrogen-bond donors (Lipinski definition) is 2. The first-order chi connectivity index (χ1) is 10.7. The van der Waals surface area contributed by atoms with Gasteiger partial charge in [-0.25, -0.2) is 0 Å². The number of rotatable bonds is 5. The number of hydrogen-bond acceptors (Lipinski definition) is 2. The van der Waals surface area contributed by atoms with Crippen LogP contribution in [0.15, 0.2) is 48.5 Å². The summed E-state index contributed by atoms with van der Waals surface area (Å²) in [5.41, 5.74) is 3.58. The Balaban J connectivity index is 1.50. The summed E-state index contributed by atoms with van der Waals surface area (Å²) in [6.45, 7) is 0.641. The Hall–Kier alpha value is -2.62. The van der Waals surface area contributed by atoms with Crippen LogP contribution in [0.1, 0.15) is 27.9 Å². The molecule has 2 amide bonds. The lowest BCUT2D eigenvalue weighted by Gasteiger charge is -2.07. The van der Waals surface area contributed by atoms with Gasteiger partial charge in [-0.1, -0.05) is 30.3 Å². The molecule has 0 bridgehead atoms. The van der Waals surface area contributed by atoms with Crippen molar-refractivity contribution in [1.82, 2.24) is 5.32 Å². The first-order valence-corrected chi connectivity index (χ1v) is 7.47. The first kappa shape index (κ1) is 14.3. The van der Waals surface area contributed by atoms with E-state index >= 15 is 0 Å². The van der Waals surface area contributed by atoms with Gasteiger partial charge in [0.25, 0.3) is 5.91 Å². The lowest BCUT2D eigenvalue weighted by Crippen LogP contribution is -2.24. The van der Waals surface area contributed by atoms with Gasteiger partial charge in [-0.2, -0.15) is 0 Å². The molecule has 2 N–H and O–H groups in total. The fourth-order valence-electron chi connectivity index (χ4n) is 2.61. The number of carbonyl (C=O) groups excluding carboxylic acids is 2. The third kappa shape index (κ3) is 3.34. The number of nitrogens with one attached hydrogen (secondary N) is 2. The Bertz CT molecular complexity index is 695. The van der Waals surface area contributed by atoms with Gasteiger partial charge in [-0.15, -0.1) is 0 Å². The summed E-state index contributed by atoms with van der Waals surface area (Å²) in [7, 11) is 0. The van der Waals surface area contributed by atoms with Gasteiger partial charge in [0.15, 0.2) is 0 Å². The normalized spacial score (nSPS) is 12.6. The van der Waals surface area contributed by atoms with E-state index in [1.54, 1.807) is 18.2 Å². The van der Waals surface area contributed by atoms with E-state index in [0.29, 0.717) is 18.5 Å². The third-order valence-electron chi connectivity index (χ3n) is 3.76. The second kappa shape index (κ2) is 6.43. The van der Waals surface area contributed by atoms with Crippen molar-refractivity contribution in [2.24, 2.45) is 0 Å². The highest BCUT2D eigenvalue weighted by atomic mass is 16.2. The minimum absolute atomic E-state index is 0.0181. The molecule has 1 heterocycles. The monoisotopic (exact) mass is 294 g/mol. The number of amides is 2. The summed E-state index contributed by atoms with van der Waals surface area (Å²) in [5, 5.41) is 5.69. The molecule has 0 unspecified atom stereocenters. The predicted molar refractivity (Wildman–Crippen MR) is 85.9 cm³/mol. The summed E-state index contributed by atoms with van der Waals surface area (Å²) in [6.07, 6.45) is 2.20. The highest BCUT2D eigenvalue weighted by Crippen LogP contribution is 2.23. The van der Waals surface area contributed by atoms with Gasteiger partial charge >= 0.3 is 0 Å². The van der Waals surface area contributed by atoms with Crippen LogP contribution in [0.3, 0.4) is 0 Å². The lowest BCUT2D eigenvalue weighted by molar-refractivity contribution is -0.115. The summed E-state index contributed by atoms with van der Waals surface area (Å²) in [6, 6.07) is 15.6. The van der Waals surface area contributed by atoms with Crippen LogP contribution >= 0.6 is 0 Å². The van der Waals surface area contributed by atoms with Crippen molar-refractivity contribution >= 4 is 17.5 Å². The second-order valence-electron chi connectivity index (χ2n) is 5.44. The molecule has 2 aromatic carbocycles. The van der Waals surface area contributed by atoms with Crippen molar-refractivity contribution in [3.05, 3.63) is 65.2 Å². The van der Waals surface area contributed by atoms with Gasteiger partial charge in [0.1, 0.15) is 0 Å². The molecule has 0 saturated heterocycles. The van der Waals surface area contributed by atoms with E-state index in [2.05, 4.69) is 22.8 Å². The number of benzene rings is 2. The molecular formula is C18H18N2O2. The first-order valence-electron chi connectivity index (χ1n) is 7.47. The molecule has 0 aliphatic carbocycles. The van der Waals surface area contributed by atoms with Gasteiger partial charge in [-0.3, -0.25) is 9.59 Å². The quantitative estimate of drug-likeness (QED) is 0.833. The van der Waals surface area contributed by atoms with Crippen molar-refractivity contribution in [2.45, 2.75) is 19.3 Å². The van der Waals surface area contributed by atoms with Gasteiger partial charge in [-0.05, 0) is 42.2 Å². The molecule has 1 aliphatic rings. The maximum absolute atomic E-state index is 12.1. The van der Waals surface area contributed by atoms with E-state index in [4.69, 9.17) is 0 Å². The number of fused-ring (bicyclic) bond motifs is 1. The molecule has 0 saturated carbocycles. The highest BCUT2D eigenvalue weighted by Gasteiger charge is 2.18. The van der Waals surface area contributed by atoms with Gasteiger partial charge in [0, 0.05) is 17.8 Å². The van der Waals surface area contributed by atoms with E-state index in [1.807, 2.05) is 18.2 Å². The Morgan fingerprint density at radius 3 is 2.77 bits per heavy atom. The molecule has 3 rings (SSSR count). The Morgan fingerprint density at radius 1 is 1.14 bits per heavy atom. The minimum Gasteiger partial charge on any atom is -0.352 e. The average molecular weight is 294 g/mol. The Kier molecular flexibility index (Phi) is 4.19. The molecule has 2 aromatic rings. The molecular weight excluding hydrogens is 276 g/mol. The maximum atomic E-state index is 12.1. The van der Waals surface area contributed by atoms with Crippen LogP contribution in [0, 0.1) is 0 Å². The van der Waals surface area contributed by atoms with E-state index < -0.39 is 0 Å². The van der Waals surface area contributed by atoms with E-state index in [1.165, 1.54) is 5.56 Å². The zero-order chi connectivity index (χ0) is 15.4. The summed E-state index contributed by atoms with van der Waals surface area (Å²) >= 11 is 0. The topological polar surface area (TPSA) is 58.2 Å². The van der Waals surface area contributed by atoms with Crippen LogP contribution in [0.5, 0.6) is 0 Å². The van der Waals surface area contributed by atoms with Crippen molar-refractivity contribution in [1.29, 1.82) is 0 Å². The number of carbonyl (C=O) groups is 2. The fourth-order valence-corrected chi connectivity index (χ4v) is 2.61. The molecule has 4 heteroatoms. The SMILES string of the molecule is O=C1Cc2cc(C(=O)NCCCc3ccccc3)ccc2N1. The van der Waals surface area contributed by atoms with Crippen molar-refractivity contribution in [3.63, 3.8) is 0 Å². The van der Waals surface area contributed by atoms with Crippen LogP contribution in [0.25, 0.3) is 0 Å². The zero-order valence-corrected chi connectivity index (χ0v) is 12.3. The lowest BCUT2D eigenvalue weighted by atomic mass is 10.1. The van der Waals surface area contributed by atoms with Crippen LogP contribution in [-0.4, -0.2) is 18.4 Å². The molecule has 0 radical (unpaired) electrons. The van der Waals surface area contributed by atoms with Crippen molar-refractivity contribution in [3.8, 4) is 0 Å². The smallest absolute Gasteiger partial charge is 0.251 e. The average Bonchev–Trinajstić information content (AvgIpc) is 2.91. The van der Waals surface area contributed by atoms with Gasteiger partial charge in [0.05, 0.1) is 6.42 Å². The van der Waals surface area contributed by atoms with E-state index in [9.17, 15) is 9.59 Å². The minimum atomic E-state index is -0.0878. The van der Waals surface area contributed by atoms with Crippen LogP contribution in [-0.2, 0) is 17.6 Å². The Labute approximate surface area is 129 Å². The van der Waals surface area contributed by atoms with Crippen molar-refractivity contribution in [2.75, 3.05) is 11.9 Å². The highest BCUT2D eigenvalue weighted by molar-refractivity contribution is 6.01. The summed E-state index contributed by atoms with van der Waals surface area (Å²) in [4.78, 5) is 23.4. The van der Waals surface area contributed by atoms with Crippen molar-refractivity contribution < 1.29 is 9.59 Å². The molecule has 0 spiro atoms. The fraction of sp³-hybridized carbons (Fsp3) is 0.222. The largest absolute Gasteiger partial charge is 0.352 e. The molecule has 0 atom stereocenters. The van der Waals surface area contributed by atoms with Crippen LogP contribution in [0.4, 0.5) is 5.69 Å². The zero-order valence-electron chi connectivity index (χ0n) is 12.3. The Morgan fingerprint density at radius 2 is 1.95 bits per heavy atom. The van der Waals surface area contributed by atoms with E-state index in [-0.39, 0.29) is 11.8 Å². The van der Waals surface area contributed by atoms with Crippen LogP contribution < -0.4 is 10.6 Å². The third-order valence-corrected chi connectivity index (χ3v) is 3.76. The standard InChI is InChI=1S/C18H18N2O2/c21-17-12-15-11-14(8-9-16(15)20-17)18(22)19-10-4-7-13-5-2-1-3-6-13/h1-3,5-6,8-9,11H,4,7,10,12H2,(H,19,22)(H,20,21). The maximum Gasteiger partial charge on any atom is 0.251 e. The second-order valence-corrected chi connectivity index (χ2v) is 5.44. The molecule has 1 aliphatic heterocycles. The molecule has 112 valence electrons. The molecule has 0 aromatic heterocycles. The predicted octanol–water partition coefficient (Wildman–Crippen LogP) is 2.54. The van der Waals surface area contributed by atoms with Gasteiger partial charge in [0.2, 0.25) is 5.91 Å². The molecule has 0 fully saturated rings. The van der Waals surface area contributed by atoms with Gasteiger partial charge < -0.3 is 10.6 Å². The summed E-state index contributed by atoms with van der Waals surface area (Å²) < 4.78 is 0. The molecule has 22 heavy (non-hydrogen) atoms. The van der Waals surface area contributed by atoms with E-state index in [0.717, 1.165) is 24.1 Å². The number of anilines is 1. The molecule has 4 nitrogen and oxygen atoms in total. The number of aryl methyl sites for hydroxylation is 1.